The van der Waals surface area contributed by atoms with E-state index in [4.69, 9.17) is 27.9 Å². The van der Waals surface area contributed by atoms with Gasteiger partial charge in [-0.1, -0.05) is 41.4 Å². The molecule has 4 nitrogen and oxygen atoms in total. The predicted octanol–water partition coefficient (Wildman–Crippen LogP) is 4.49. The topological polar surface area (TPSA) is 55.4 Å². The molecule has 1 unspecified atom stereocenters. The van der Waals surface area contributed by atoms with E-state index in [0.717, 1.165) is 5.56 Å². The number of anilines is 1. The molecule has 1 atom stereocenters. The monoisotopic (exact) mass is 351 g/mol. The Balaban J connectivity index is 2.01. The lowest BCUT2D eigenvalue weighted by Crippen LogP contribution is -2.30. The molecule has 0 aliphatic carbocycles. The highest BCUT2D eigenvalue weighted by Gasteiger charge is 2.20. The van der Waals surface area contributed by atoms with Gasteiger partial charge in [0.25, 0.3) is 5.91 Å². The number of aryl methyl sites for hydroxylation is 1. The predicted molar refractivity (Wildman–Crippen MR) is 91.1 cm³/mol. The Morgan fingerprint density at radius 2 is 1.78 bits per heavy atom. The summed E-state index contributed by atoms with van der Waals surface area (Å²) in [5.41, 5.74) is 1.65. The smallest absolute Gasteiger partial charge is 0.340 e. The van der Waals surface area contributed by atoms with Gasteiger partial charge in [-0.25, -0.2) is 4.79 Å². The lowest BCUT2D eigenvalue weighted by Gasteiger charge is -2.14. The summed E-state index contributed by atoms with van der Waals surface area (Å²) in [4.78, 5) is 24.1. The molecule has 2 aromatic rings. The van der Waals surface area contributed by atoms with E-state index in [-0.39, 0.29) is 10.6 Å². The van der Waals surface area contributed by atoms with E-state index in [1.54, 1.807) is 36.4 Å². The zero-order valence-corrected chi connectivity index (χ0v) is 14.1. The number of halogens is 2. The normalized spacial score (nSPS) is 11.7. The van der Waals surface area contributed by atoms with Gasteiger partial charge in [0.2, 0.25) is 0 Å². The minimum atomic E-state index is -0.973. The zero-order valence-electron chi connectivity index (χ0n) is 12.6. The van der Waals surface area contributed by atoms with E-state index in [2.05, 4.69) is 5.32 Å². The SMILES string of the molecule is Cc1ccc(NC(=O)C(C)OC(=O)c2ccccc2Cl)cc1Cl. The van der Waals surface area contributed by atoms with Crippen LogP contribution in [0.2, 0.25) is 10.0 Å². The Morgan fingerprint density at radius 1 is 1.09 bits per heavy atom. The van der Waals surface area contributed by atoms with Crippen molar-refractivity contribution < 1.29 is 14.3 Å². The molecule has 0 aliphatic rings. The Morgan fingerprint density at radius 3 is 2.43 bits per heavy atom. The van der Waals surface area contributed by atoms with Crippen LogP contribution in [0.5, 0.6) is 0 Å². The standard InChI is InChI=1S/C17H15Cl2NO3/c1-10-7-8-12(9-15(10)19)20-16(21)11(2)23-17(22)13-5-3-4-6-14(13)18/h3-9,11H,1-2H3,(H,20,21). The number of esters is 1. The molecule has 120 valence electrons. The molecule has 0 saturated carbocycles. The van der Waals surface area contributed by atoms with Crippen LogP contribution in [0.25, 0.3) is 0 Å². The third-order valence-electron chi connectivity index (χ3n) is 3.19. The molecule has 0 bridgehead atoms. The van der Waals surface area contributed by atoms with Crippen LogP contribution in [-0.2, 0) is 9.53 Å². The first-order valence-corrected chi connectivity index (χ1v) is 7.66. The van der Waals surface area contributed by atoms with Crippen LogP contribution < -0.4 is 5.32 Å². The summed E-state index contributed by atoms with van der Waals surface area (Å²) in [7, 11) is 0. The zero-order chi connectivity index (χ0) is 17.0. The lowest BCUT2D eigenvalue weighted by molar-refractivity contribution is -0.123. The van der Waals surface area contributed by atoms with Crippen molar-refractivity contribution in [2.24, 2.45) is 0 Å². The van der Waals surface area contributed by atoms with Crippen LogP contribution in [0.4, 0.5) is 5.69 Å². The molecule has 0 aliphatic heterocycles. The van der Waals surface area contributed by atoms with E-state index in [1.165, 1.54) is 13.0 Å². The van der Waals surface area contributed by atoms with Crippen LogP contribution in [0.15, 0.2) is 42.5 Å². The number of nitrogens with one attached hydrogen (secondary N) is 1. The Hall–Kier alpha value is -2.04. The van der Waals surface area contributed by atoms with E-state index in [9.17, 15) is 9.59 Å². The molecule has 0 spiro atoms. The van der Waals surface area contributed by atoms with Gasteiger partial charge in [-0.3, -0.25) is 4.79 Å². The molecular weight excluding hydrogens is 337 g/mol. The fraction of sp³-hybridized carbons (Fsp3) is 0.176. The first-order chi connectivity index (χ1) is 10.9. The summed E-state index contributed by atoms with van der Waals surface area (Å²) < 4.78 is 5.14. The van der Waals surface area contributed by atoms with Gasteiger partial charge in [0.05, 0.1) is 10.6 Å². The fourth-order valence-electron chi connectivity index (χ4n) is 1.82. The molecule has 23 heavy (non-hydrogen) atoms. The maximum Gasteiger partial charge on any atom is 0.340 e. The summed E-state index contributed by atoms with van der Waals surface area (Å²) in [5.74, 6) is -1.11. The molecule has 2 rings (SSSR count). The van der Waals surface area contributed by atoms with Crippen LogP contribution in [0.3, 0.4) is 0 Å². The van der Waals surface area contributed by atoms with Gasteiger partial charge in [-0.15, -0.1) is 0 Å². The van der Waals surface area contributed by atoms with E-state index >= 15 is 0 Å². The first-order valence-electron chi connectivity index (χ1n) is 6.91. The quantitative estimate of drug-likeness (QED) is 0.825. The third kappa shape index (κ3) is 4.47. The number of ether oxygens (including phenoxy) is 1. The number of carbonyl (C=O) groups is 2. The van der Waals surface area contributed by atoms with Crippen molar-refractivity contribution in [2.45, 2.75) is 20.0 Å². The number of hydrogen-bond acceptors (Lipinski definition) is 3. The van der Waals surface area contributed by atoms with Crippen molar-refractivity contribution in [1.29, 1.82) is 0 Å². The summed E-state index contributed by atoms with van der Waals surface area (Å²) in [6.45, 7) is 3.35. The molecule has 0 saturated heterocycles. The molecule has 0 radical (unpaired) electrons. The first kappa shape index (κ1) is 17.3. The average molecular weight is 352 g/mol. The van der Waals surface area contributed by atoms with Gasteiger partial charge < -0.3 is 10.1 Å². The summed E-state index contributed by atoms with van der Waals surface area (Å²) in [5, 5.41) is 3.47. The van der Waals surface area contributed by atoms with Crippen LogP contribution >= 0.6 is 23.2 Å². The summed E-state index contributed by atoms with van der Waals surface area (Å²) in [6.07, 6.45) is -0.973. The Labute approximate surface area is 144 Å². The van der Waals surface area contributed by atoms with Crippen LogP contribution in [0, 0.1) is 6.92 Å². The van der Waals surface area contributed by atoms with Crippen molar-refractivity contribution >= 4 is 40.8 Å². The minimum absolute atomic E-state index is 0.215. The van der Waals surface area contributed by atoms with Gasteiger partial charge in [-0.2, -0.15) is 0 Å². The summed E-state index contributed by atoms with van der Waals surface area (Å²) >= 11 is 11.9. The average Bonchev–Trinajstić information content (AvgIpc) is 2.51. The van der Waals surface area contributed by atoms with Gasteiger partial charge in [0.1, 0.15) is 0 Å². The molecule has 0 aromatic heterocycles. The second-order valence-electron chi connectivity index (χ2n) is 4.98. The van der Waals surface area contributed by atoms with Crippen molar-refractivity contribution in [3.63, 3.8) is 0 Å². The highest BCUT2D eigenvalue weighted by Crippen LogP contribution is 2.21. The second-order valence-corrected chi connectivity index (χ2v) is 5.79. The van der Waals surface area contributed by atoms with Crippen LogP contribution in [0.1, 0.15) is 22.8 Å². The van der Waals surface area contributed by atoms with Crippen molar-refractivity contribution in [3.05, 3.63) is 63.6 Å². The van der Waals surface area contributed by atoms with Gasteiger partial charge in [0.15, 0.2) is 6.10 Å². The number of rotatable bonds is 4. The number of hydrogen-bond donors (Lipinski definition) is 1. The molecular formula is C17H15Cl2NO3. The lowest BCUT2D eigenvalue weighted by atomic mass is 10.2. The fourth-order valence-corrected chi connectivity index (χ4v) is 2.21. The minimum Gasteiger partial charge on any atom is -0.449 e. The molecule has 1 N–H and O–H groups in total. The maximum atomic E-state index is 12.1. The number of benzene rings is 2. The van der Waals surface area contributed by atoms with E-state index in [1.807, 2.05) is 6.92 Å². The highest BCUT2D eigenvalue weighted by atomic mass is 35.5. The molecule has 0 heterocycles. The van der Waals surface area contributed by atoms with Gasteiger partial charge in [0, 0.05) is 10.7 Å². The van der Waals surface area contributed by atoms with E-state index in [0.29, 0.717) is 10.7 Å². The van der Waals surface area contributed by atoms with Crippen molar-refractivity contribution in [1.82, 2.24) is 0 Å². The summed E-state index contributed by atoms with van der Waals surface area (Å²) in [6, 6.07) is 11.6. The van der Waals surface area contributed by atoms with Crippen molar-refractivity contribution in [3.8, 4) is 0 Å². The molecule has 2 aromatic carbocycles. The van der Waals surface area contributed by atoms with Gasteiger partial charge >= 0.3 is 5.97 Å². The molecule has 6 heteroatoms. The highest BCUT2D eigenvalue weighted by molar-refractivity contribution is 6.33. The molecule has 1 amide bonds. The van der Waals surface area contributed by atoms with Crippen molar-refractivity contribution in [2.75, 3.05) is 5.32 Å². The number of amides is 1. The Bertz CT molecular complexity index is 746. The largest absolute Gasteiger partial charge is 0.449 e. The third-order valence-corrected chi connectivity index (χ3v) is 3.92. The Kier molecular flexibility index (Phi) is 5.64. The van der Waals surface area contributed by atoms with E-state index < -0.39 is 18.0 Å². The second kappa shape index (κ2) is 7.49. The van der Waals surface area contributed by atoms with Crippen LogP contribution in [-0.4, -0.2) is 18.0 Å². The van der Waals surface area contributed by atoms with Gasteiger partial charge in [-0.05, 0) is 43.7 Å². The number of carbonyl (C=O) groups excluding carboxylic acids is 2. The maximum absolute atomic E-state index is 12.1. The molecule has 0 fully saturated rings.